The molecule has 1 aromatic heterocycles. The highest BCUT2D eigenvalue weighted by molar-refractivity contribution is 7.92. The molecule has 2 N–H and O–H groups in total. The van der Waals surface area contributed by atoms with Crippen LogP contribution in [0.1, 0.15) is 33.6 Å². The van der Waals surface area contributed by atoms with Gasteiger partial charge in [0.2, 0.25) is 11.9 Å². The minimum atomic E-state index is -3.57. The van der Waals surface area contributed by atoms with Gasteiger partial charge in [-0.15, -0.1) is 0 Å². The van der Waals surface area contributed by atoms with E-state index in [9.17, 15) is 18.0 Å². The Labute approximate surface area is 268 Å². The predicted molar refractivity (Wildman–Crippen MR) is 175 cm³/mol. The molecule has 0 spiro atoms. The van der Waals surface area contributed by atoms with Gasteiger partial charge in [-0.1, -0.05) is 30.7 Å². The summed E-state index contributed by atoms with van der Waals surface area (Å²) in [6.45, 7) is 7.88. The van der Waals surface area contributed by atoms with Crippen LogP contribution in [0.2, 0.25) is 5.02 Å². The summed E-state index contributed by atoms with van der Waals surface area (Å²) in [6.07, 6.45) is 3.38. The van der Waals surface area contributed by atoms with Gasteiger partial charge < -0.3 is 25.2 Å². The largest absolute Gasteiger partial charge is 0.494 e. The second-order valence-electron chi connectivity index (χ2n) is 11.5. The van der Waals surface area contributed by atoms with Crippen LogP contribution in [0.15, 0.2) is 53.6 Å². The summed E-state index contributed by atoms with van der Waals surface area (Å²) < 4.78 is 31.4. The molecule has 2 aliphatic heterocycles. The van der Waals surface area contributed by atoms with Crippen LogP contribution >= 0.6 is 11.6 Å². The lowest BCUT2D eigenvalue weighted by molar-refractivity contribution is -0.132. The van der Waals surface area contributed by atoms with Gasteiger partial charge in [-0.3, -0.25) is 9.69 Å². The maximum atomic E-state index is 13.2. The SMILES string of the molecule is COc1cc(N2CCN(CC(=O)N3CCC(C)CC3)C2=O)ccc1Nc1ncc(Cl)c(Nc2ccccc2S(=O)(=O)C(C)C)n1. The van der Waals surface area contributed by atoms with Gasteiger partial charge in [-0.2, -0.15) is 4.98 Å². The van der Waals surface area contributed by atoms with Crippen molar-refractivity contribution in [2.75, 3.05) is 55.4 Å². The quantitative estimate of drug-likeness (QED) is 0.298. The molecule has 2 fully saturated rings. The van der Waals surface area contributed by atoms with Crippen LogP contribution in [0.25, 0.3) is 0 Å². The average molecular weight is 656 g/mol. The maximum Gasteiger partial charge on any atom is 0.325 e. The average Bonchev–Trinajstić information content (AvgIpc) is 3.38. The molecule has 3 amide bonds. The molecule has 2 saturated heterocycles. The van der Waals surface area contributed by atoms with E-state index < -0.39 is 15.1 Å². The van der Waals surface area contributed by atoms with E-state index in [2.05, 4.69) is 27.5 Å². The molecule has 12 nitrogen and oxygen atoms in total. The van der Waals surface area contributed by atoms with Gasteiger partial charge in [0, 0.05) is 37.9 Å². The first-order valence-electron chi connectivity index (χ1n) is 14.9. The standard InChI is InChI=1S/C31H38ClN7O5S/c1-20(2)45(42,43)27-8-6-5-7-25(27)34-29-23(32)18-33-30(36-29)35-24-10-9-22(17-26(24)44-4)39-16-15-38(31(39)41)19-28(40)37-13-11-21(3)12-14-37/h5-10,17-18,20-21H,11-16,19H2,1-4H3,(H2,33,34,35,36). The summed E-state index contributed by atoms with van der Waals surface area (Å²) in [6, 6.07) is 11.6. The second-order valence-corrected chi connectivity index (χ2v) is 14.4. The highest BCUT2D eigenvalue weighted by Gasteiger charge is 2.33. The van der Waals surface area contributed by atoms with Crippen LogP contribution in [-0.2, 0) is 14.6 Å². The molecule has 45 heavy (non-hydrogen) atoms. The van der Waals surface area contributed by atoms with E-state index in [1.165, 1.54) is 19.4 Å². The number of anilines is 5. The van der Waals surface area contributed by atoms with Crippen LogP contribution in [0.3, 0.4) is 0 Å². The van der Waals surface area contributed by atoms with Gasteiger partial charge >= 0.3 is 6.03 Å². The number of methoxy groups -OCH3 is 1. The normalized spacial score (nSPS) is 16.0. The van der Waals surface area contributed by atoms with Gasteiger partial charge in [-0.05, 0) is 56.9 Å². The fourth-order valence-electron chi connectivity index (χ4n) is 5.28. The maximum absolute atomic E-state index is 13.2. The molecule has 240 valence electrons. The number of halogens is 1. The second kappa shape index (κ2) is 13.5. The van der Waals surface area contributed by atoms with E-state index in [-0.39, 0.29) is 40.2 Å². The molecule has 0 unspecified atom stereocenters. The van der Waals surface area contributed by atoms with Crippen molar-refractivity contribution < 1.29 is 22.7 Å². The van der Waals surface area contributed by atoms with E-state index in [4.69, 9.17) is 16.3 Å². The topological polar surface area (TPSA) is 137 Å². The Morgan fingerprint density at radius 3 is 2.51 bits per heavy atom. The number of nitrogens with one attached hydrogen (secondary N) is 2. The number of carbonyl (C=O) groups excluding carboxylic acids is 2. The number of ether oxygens (including phenoxy) is 1. The van der Waals surface area contributed by atoms with Crippen molar-refractivity contribution in [1.29, 1.82) is 0 Å². The third kappa shape index (κ3) is 7.09. The number of hydrogen-bond acceptors (Lipinski definition) is 9. The highest BCUT2D eigenvalue weighted by atomic mass is 35.5. The van der Waals surface area contributed by atoms with Crippen molar-refractivity contribution in [3.8, 4) is 5.75 Å². The first kappa shape index (κ1) is 32.3. The summed E-state index contributed by atoms with van der Waals surface area (Å²) in [4.78, 5) is 40.0. The fraction of sp³-hybridized carbons (Fsp3) is 0.419. The Morgan fingerprint density at radius 2 is 1.80 bits per heavy atom. The van der Waals surface area contributed by atoms with Crippen LogP contribution in [0, 0.1) is 5.92 Å². The van der Waals surface area contributed by atoms with Crippen molar-refractivity contribution in [1.82, 2.24) is 19.8 Å². The van der Waals surface area contributed by atoms with E-state index in [1.54, 1.807) is 60.0 Å². The summed E-state index contributed by atoms with van der Waals surface area (Å²) >= 11 is 6.38. The Kier molecular flexibility index (Phi) is 9.68. The van der Waals surface area contributed by atoms with Gasteiger partial charge in [0.15, 0.2) is 15.7 Å². The number of rotatable bonds is 10. The third-order valence-electron chi connectivity index (χ3n) is 8.11. The Hall–Kier alpha value is -4.10. The Bertz CT molecular complexity index is 1680. The molecule has 5 rings (SSSR count). The number of nitrogens with zero attached hydrogens (tertiary/aromatic N) is 5. The van der Waals surface area contributed by atoms with Crippen LogP contribution in [0.4, 0.5) is 33.6 Å². The summed E-state index contributed by atoms with van der Waals surface area (Å²) in [7, 11) is -2.05. The summed E-state index contributed by atoms with van der Waals surface area (Å²) in [5, 5.41) is 5.74. The number of likely N-dealkylation sites (tertiary alicyclic amines) is 1. The molecule has 2 aromatic carbocycles. The zero-order valence-electron chi connectivity index (χ0n) is 25.8. The van der Waals surface area contributed by atoms with Crippen molar-refractivity contribution in [2.24, 2.45) is 5.92 Å². The monoisotopic (exact) mass is 655 g/mol. The van der Waals surface area contributed by atoms with Crippen LogP contribution < -0.4 is 20.3 Å². The van der Waals surface area contributed by atoms with Gasteiger partial charge in [-0.25, -0.2) is 18.2 Å². The number of aromatic nitrogens is 2. The lowest BCUT2D eigenvalue weighted by Gasteiger charge is -2.31. The number of carbonyl (C=O) groups is 2. The zero-order valence-corrected chi connectivity index (χ0v) is 27.4. The lowest BCUT2D eigenvalue weighted by Crippen LogP contribution is -2.45. The minimum absolute atomic E-state index is 0.0175. The number of hydrogen-bond donors (Lipinski definition) is 2. The molecular weight excluding hydrogens is 618 g/mol. The van der Waals surface area contributed by atoms with Crippen molar-refractivity contribution >= 4 is 62.2 Å². The van der Waals surface area contributed by atoms with Crippen molar-refractivity contribution in [2.45, 2.75) is 43.8 Å². The van der Waals surface area contributed by atoms with Gasteiger partial charge in [0.05, 0.1) is 34.8 Å². The van der Waals surface area contributed by atoms with E-state index in [0.29, 0.717) is 41.8 Å². The molecule has 0 atom stereocenters. The molecule has 3 aromatic rings. The summed E-state index contributed by atoms with van der Waals surface area (Å²) in [5.41, 5.74) is 1.51. The Morgan fingerprint density at radius 1 is 1.07 bits per heavy atom. The number of benzene rings is 2. The summed E-state index contributed by atoms with van der Waals surface area (Å²) in [5.74, 6) is 1.45. The van der Waals surface area contributed by atoms with E-state index in [0.717, 1.165) is 25.9 Å². The number of amides is 3. The molecular formula is C31H38ClN7O5S. The Balaban J connectivity index is 1.29. The molecule has 0 saturated carbocycles. The zero-order chi connectivity index (χ0) is 32.3. The molecule has 0 bridgehead atoms. The first-order chi connectivity index (χ1) is 21.5. The van der Waals surface area contributed by atoms with Crippen molar-refractivity contribution in [3.05, 3.63) is 53.7 Å². The fourth-order valence-corrected chi connectivity index (χ4v) is 6.62. The smallest absolute Gasteiger partial charge is 0.325 e. The molecule has 14 heteroatoms. The minimum Gasteiger partial charge on any atom is -0.494 e. The predicted octanol–water partition coefficient (Wildman–Crippen LogP) is 5.31. The molecule has 0 radical (unpaired) electrons. The first-order valence-corrected chi connectivity index (χ1v) is 16.8. The number of urea groups is 1. The third-order valence-corrected chi connectivity index (χ3v) is 10.6. The van der Waals surface area contributed by atoms with Crippen molar-refractivity contribution in [3.63, 3.8) is 0 Å². The van der Waals surface area contributed by atoms with Gasteiger partial charge in [0.25, 0.3) is 0 Å². The lowest BCUT2D eigenvalue weighted by atomic mass is 9.99. The number of piperidine rings is 1. The molecule has 0 aliphatic carbocycles. The molecule has 2 aliphatic rings. The van der Waals surface area contributed by atoms with Crippen LogP contribution in [-0.4, -0.2) is 85.2 Å². The van der Waals surface area contributed by atoms with Crippen LogP contribution in [0.5, 0.6) is 5.75 Å². The highest BCUT2D eigenvalue weighted by Crippen LogP contribution is 2.34. The number of para-hydroxylation sites is 1. The van der Waals surface area contributed by atoms with E-state index in [1.807, 2.05) is 4.90 Å². The molecule has 3 heterocycles. The number of sulfone groups is 1. The van der Waals surface area contributed by atoms with E-state index >= 15 is 0 Å². The van der Waals surface area contributed by atoms with Gasteiger partial charge in [0.1, 0.15) is 17.3 Å².